The third-order valence-corrected chi connectivity index (χ3v) is 3.88. The average Bonchev–Trinajstić information content (AvgIpc) is 3.02. The topological polar surface area (TPSA) is 67.2 Å². The van der Waals surface area contributed by atoms with Crippen LogP contribution in [0.5, 0.6) is 0 Å². The second-order valence-corrected chi connectivity index (χ2v) is 5.86. The highest BCUT2D eigenvalue weighted by Crippen LogP contribution is 2.17. The Hall–Kier alpha value is -2.70. The summed E-state index contributed by atoms with van der Waals surface area (Å²) in [6, 6.07) is 13.2. The van der Waals surface area contributed by atoms with Crippen LogP contribution < -0.4 is 5.32 Å². The van der Waals surface area contributed by atoms with E-state index in [0.29, 0.717) is 23.9 Å². The van der Waals surface area contributed by atoms with Gasteiger partial charge in [0.25, 0.3) is 0 Å². The largest absolute Gasteiger partial charge is 0.476 e. The van der Waals surface area contributed by atoms with E-state index in [1.165, 1.54) is 18.3 Å². The number of hydrogen-bond donors (Lipinski definition) is 2. The molecule has 25 heavy (non-hydrogen) atoms. The lowest BCUT2D eigenvalue weighted by Crippen LogP contribution is -2.16. The van der Waals surface area contributed by atoms with Gasteiger partial charge in [0.1, 0.15) is 11.6 Å². The molecule has 0 radical (unpaired) electrons. The molecule has 0 saturated heterocycles. The Labute approximate surface area is 148 Å². The van der Waals surface area contributed by atoms with E-state index < -0.39 is 5.97 Å². The maximum Gasteiger partial charge on any atom is 0.356 e. The molecule has 2 aromatic carbocycles. The number of imidazole rings is 1. The number of aromatic carboxylic acids is 1. The number of halogens is 2. The summed E-state index contributed by atoms with van der Waals surface area (Å²) in [5, 5.41) is 13.0. The summed E-state index contributed by atoms with van der Waals surface area (Å²) < 4.78 is 14.6. The van der Waals surface area contributed by atoms with Crippen molar-refractivity contribution in [3.8, 4) is 5.69 Å². The van der Waals surface area contributed by atoms with Crippen molar-refractivity contribution in [3.05, 3.63) is 82.6 Å². The van der Waals surface area contributed by atoms with Crippen molar-refractivity contribution in [3.63, 3.8) is 0 Å². The van der Waals surface area contributed by atoms with Crippen LogP contribution in [0.4, 0.5) is 4.39 Å². The van der Waals surface area contributed by atoms with Crippen LogP contribution in [0.15, 0.2) is 54.7 Å². The molecule has 5 nitrogen and oxygen atoms in total. The molecule has 0 saturated carbocycles. The maximum atomic E-state index is 12.9. The molecule has 0 spiro atoms. The summed E-state index contributed by atoms with van der Waals surface area (Å²) in [5.41, 5.74) is 1.65. The van der Waals surface area contributed by atoms with Gasteiger partial charge in [-0.15, -0.1) is 0 Å². The predicted molar refractivity (Wildman–Crippen MR) is 92.5 cm³/mol. The quantitative estimate of drug-likeness (QED) is 0.705. The van der Waals surface area contributed by atoms with Crippen LogP contribution in [0, 0.1) is 5.82 Å². The highest BCUT2D eigenvalue weighted by Gasteiger charge is 2.14. The van der Waals surface area contributed by atoms with Crippen molar-refractivity contribution >= 4 is 17.6 Å². The van der Waals surface area contributed by atoms with Crippen LogP contribution in [-0.4, -0.2) is 20.6 Å². The van der Waals surface area contributed by atoms with Gasteiger partial charge in [0, 0.05) is 23.5 Å². The molecule has 0 unspecified atom stereocenters. The third kappa shape index (κ3) is 4.23. The molecule has 0 aliphatic heterocycles. The molecule has 1 heterocycles. The van der Waals surface area contributed by atoms with Gasteiger partial charge in [0.2, 0.25) is 0 Å². The van der Waals surface area contributed by atoms with Crippen LogP contribution in [-0.2, 0) is 13.1 Å². The van der Waals surface area contributed by atoms with E-state index in [0.717, 1.165) is 11.3 Å². The normalized spacial score (nSPS) is 10.8. The first-order valence-electron chi connectivity index (χ1n) is 7.55. The van der Waals surface area contributed by atoms with Gasteiger partial charge < -0.3 is 15.0 Å². The smallest absolute Gasteiger partial charge is 0.356 e. The molecular weight excluding hydrogens is 345 g/mol. The third-order valence-electron chi connectivity index (χ3n) is 3.63. The van der Waals surface area contributed by atoms with E-state index in [2.05, 4.69) is 10.3 Å². The summed E-state index contributed by atoms with van der Waals surface area (Å²) in [6.45, 7) is 0.865. The fraction of sp³-hybridized carbons (Fsp3) is 0.111. The van der Waals surface area contributed by atoms with Crippen molar-refractivity contribution in [2.24, 2.45) is 0 Å². The number of nitrogens with zero attached hydrogens (tertiary/aromatic N) is 2. The minimum absolute atomic E-state index is 0.0338. The number of aromatic nitrogens is 2. The summed E-state index contributed by atoms with van der Waals surface area (Å²) in [4.78, 5) is 15.4. The molecule has 128 valence electrons. The van der Waals surface area contributed by atoms with Crippen LogP contribution in [0.1, 0.15) is 21.9 Å². The molecule has 2 N–H and O–H groups in total. The second kappa shape index (κ2) is 7.46. The van der Waals surface area contributed by atoms with Crippen molar-refractivity contribution in [2.45, 2.75) is 13.1 Å². The van der Waals surface area contributed by atoms with Gasteiger partial charge in [-0.3, -0.25) is 0 Å². The Balaban J connectivity index is 1.78. The number of carboxylic acids is 1. The molecule has 3 aromatic rings. The molecule has 3 rings (SSSR count). The van der Waals surface area contributed by atoms with Gasteiger partial charge in [0.15, 0.2) is 5.69 Å². The number of nitrogens with one attached hydrogen (secondary N) is 1. The molecule has 0 atom stereocenters. The zero-order valence-corrected chi connectivity index (χ0v) is 13.9. The highest BCUT2D eigenvalue weighted by molar-refractivity contribution is 6.30. The molecule has 7 heteroatoms. The molecule has 0 aliphatic carbocycles. The molecule has 1 aromatic heterocycles. The predicted octanol–water partition coefficient (Wildman–Crippen LogP) is 3.65. The van der Waals surface area contributed by atoms with E-state index in [-0.39, 0.29) is 11.5 Å². The second-order valence-electron chi connectivity index (χ2n) is 5.42. The van der Waals surface area contributed by atoms with E-state index in [4.69, 9.17) is 11.6 Å². The van der Waals surface area contributed by atoms with Gasteiger partial charge in [0.05, 0.1) is 6.54 Å². The number of carbonyl (C=O) groups is 1. The monoisotopic (exact) mass is 359 g/mol. The first-order valence-corrected chi connectivity index (χ1v) is 7.93. The van der Waals surface area contributed by atoms with Crippen molar-refractivity contribution in [2.75, 3.05) is 0 Å². The summed E-state index contributed by atoms with van der Waals surface area (Å²) in [7, 11) is 0. The van der Waals surface area contributed by atoms with Crippen LogP contribution >= 0.6 is 11.6 Å². The van der Waals surface area contributed by atoms with E-state index in [9.17, 15) is 14.3 Å². The Morgan fingerprint density at radius 3 is 2.44 bits per heavy atom. The van der Waals surface area contributed by atoms with Crippen molar-refractivity contribution in [1.82, 2.24) is 14.9 Å². The molecule has 0 fully saturated rings. The van der Waals surface area contributed by atoms with Crippen LogP contribution in [0.2, 0.25) is 5.02 Å². The number of benzene rings is 2. The van der Waals surface area contributed by atoms with Gasteiger partial charge in [-0.2, -0.15) is 0 Å². The zero-order valence-electron chi connectivity index (χ0n) is 13.1. The number of hydrogen-bond acceptors (Lipinski definition) is 3. The zero-order chi connectivity index (χ0) is 17.8. The van der Waals surface area contributed by atoms with Crippen LogP contribution in [0.25, 0.3) is 5.69 Å². The summed E-state index contributed by atoms with van der Waals surface area (Å²) >= 11 is 5.90. The number of rotatable bonds is 6. The summed E-state index contributed by atoms with van der Waals surface area (Å²) in [5.74, 6) is -0.817. The minimum atomic E-state index is -1.09. The van der Waals surface area contributed by atoms with Gasteiger partial charge in [-0.1, -0.05) is 23.7 Å². The highest BCUT2D eigenvalue weighted by atomic mass is 35.5. The van der Waals surface area contributed by atoms with E-state index >= 15 is 0 Å². The molecule has 0 aliphatic rings. The Kier molecular flexibility index (Phi) is 5.11. The molecule has 0 bridgehead atoms. The summed E-state index contributed by atoms with van der Waals surface area (Å²) in [6.07, 6.45) is 1.47. The Morgan fingerprint density at radius 2 is 1.80 bits per heavy atom. The Bertz CT molecular complexity index is 876. The fourth-order valence-corrected chi connectivity index (χ4v) is 2.52. The van der Waals surface area contributed by atoms with E-state index in [1.54, 1.807) is 41.0 Å². The first kappa shape index (κ1) is 17.1. The minimum Gasteiger partial charge on any atom is -0.476 e. The lowest BCUT2D eigenvalue weighted by atomic mass is 10.2. The van der Waals surface area contributed by atoms with Crippen molar-refractivity contribution in [1.29, 1.82) is 0 Å². The lowest BCUT2D eigenvalue weighted by Gasteiger charge is -2.09. The lowest BCUT2D eigenvalue weighted by molar-refractivity contribution is 0.0691. The maximum absolute atomic E-state index is 12.9. The molecule has 0 amide bonds. The standard InChI is InChI=1S/C18H15ClFN3O2/c19-13-3-7-15(8-4-13)23-11-16(18(24)25)22-17(23)10-21-9-12-1-5-14(20)6-2-12/h1-8,11,21H,9-10H2,(H,24,25). The van der Waals surface area contributed by atoms with Gasteiger partial charge in [-0.05, 0) is 42.0 Å². The molecular formula is C18H15ClFN3O2. The SMILES string of the molecule is O=C(O)c1cn(-c2ccc(Cl)cc2)c(CNCc2ccc(F)cc2)n1. The Morgan fingerprint density at radius 1 is 1.12 bits per heavy atom. The first-order chi connectivity index (χ1) is 12.0. The van der Waals surface area contributed by atoms with E-state index in [1.807, 2.05) is 0 Å². The van der Waals surface area contributed by atoms with Gasteiger partial charge in [-0.25, -0.2) is 14.2 Å². The average molecular weight is 360 g/mol. The fourth-order valence-electron chi connectivity index (χ4n) is 2.39. The van der Waals surface area contributed by atoms with Crippen molar-refractivity contribution < 1.29 is 14.3 Å². The van der Waals surface area contributed by atoms with Gasteiger partial charge >= 0.3 is 5.97 Å². The number of carboxylic acid groups (broad SMARTS) is 1. The van der Waals surface area contributed by atoms with Crippen LogP contribution in [0.3, 0.4) is 0 Å².